The first-order valence-corrected chi connectivity index (χ1v) is 8.32. The predicted molar refractivity (Wildman–Crippen MR) is 94.0 cm³/mol. The highest BCUT2D eigenvalue weighted by molar-refractivity contribution is 6.08. The Morgan fingerprint density at radius 2 is 1.75 bits per heavy atom. The van der Waals surface area contributed by atoms with Crippen LogP contribution in [0.2, 0.25) is 0 Å². The van der Waals surface area contributed by atoms with Crippen LogP contribution in [-0.4, -0.2) is 34.0 Å². The number of hydrogen-bond donors (Lipinski definition) is 1. The molecule has 1 heterocycles. The molecule has 2 aromatic rings. The number of fused-ring (bicyclic) bond motifs is 1. The highest BCUT2D eigenvalue weighted by Crippen LogP contribution is 2.45. The van der Waals surface area contributed by atoms with Gasteiger partial charge in [-0.3, -0.25) is 4.79 Å². The lowest BCUT2D eigenvalue weighted by molar-refractivity contribution is -0.155. The Morgan fingerprint density at radius 3 is 2.42 bits per heavy atom. The highest BCUT2D eigenvalue weighted by atomic mass is 16.4. The number of benzene rings is 2. The number of likely N-dealkylation sites (tertiary alicyclic amines) is 1. The van der Waals surface area contributed by atoms with Crippen molar-refractivity contribution in [1.82, 2.24) is 4.90 Å². The molecule has 1 amide bonds. The normalized spacial score (nSPS) is 21.2. The molecule has 1 atom stereocenters. The van der Waals surface area contributed by atoms with Crippen molar-refractivity contribution in [1.29, 1.82) is 0 Å². The van der Waals surface area contributed by atoms with Gasteiger partial charge in [0, 0.05) is 12.1 Å². The average Bonchev–Trinajstić information content (AvgIpc) is 2.99. The van der Waals surface area contributed by atoms with E-state index in [9.17, 15) is 14.7 Å². The first kappa shape index (κ1) is 16.5. The van der Waals surface area contributed by atoms with Crippen LogP contribution in [0.3, 0.4) is 0 Å². The van der Waals surface area contributed by atoms with E-state index < -0.39 is 16.9 Å². The number of amides is 1. The number of aliphatic carboxylic acids is 1. The van der Waals surface area contributed by atoms with Gasteiger partial charge in [-0.2, -0.15) is 0 Å². The van der Waals surface area contributed by atoms with Crippen LogP contribution in [0.25, 0.3) is 10.8 Å². The summed E-state index contributed by atoms with van der Waals surface area (Å²) in [7, 11) is 0. The number of carbonyl (C=O) groups excluding carboxylic acids is 1. The molecule has 1 aliphatic rings. The molecule has 0 saturated carbocycles. The fourth-order valence-electron chi connectivity index (χ4n) is 3.97. The summed E-state index contributed by atoms with van der Waals surface area (Å²) in [6, 6.07) is 13.3. The van der Waals surface area contributed by atoms with Crippen LogP contribution < -0.4 is 0 Å². The van der Waals surface area contributed by atoms with Crippen molar-refractivity contribution in [2.75, 3.05) is 6.54 Å². The minimum atomic E-state index is -1.17. The summed E-state index contributed by atoms with van der Waals surface area (Å²) < 4.78 is 0. The van der Waals surface area contributed by atoms with Crippen LogP contribution in [0.4, 0.5) is 0 Å². The van der Waals surface area contributed by atoms with Crippen LogP contribution >= 0.6 is 0 Å². The zero-order valence-electron chi connectivity index (χ0n) is 14.4. The van der Waals surface area contributed by atoms with Crippen molar-refractivity contribution < 1.29 is 14.7 Å². The van der Waals surface area contributed by atoms with Crippen molar-refractivity contribution in [3.63, 3.8) is 0 Å². The third-order valence-electron chi connectivity index (χ3n) is 5.24. The van der Waals surface area contributed by atoms with Gasteiger partial charge in [0.1, 0.15) is 5.54 Å². The molecule has 0 bridgehead atoms. The average molecular weight is 325 g/mol. The standard InChI is InChI=1S/C20H23NO3/c1-19(2,3)20(18(23)24)12-7-13-21(20)17(22)16-11-6-9-14-8-4-5-10-15(14)16/h4-6,8-11H,7,12-13H2,1-3H3,(H,23,24)/t20-/m0/s1. The quantitative estimate of drug-likeness (QED) is 0.909. The Kier molecular flexibility index (Phi) is 3.86. The largest absolute Gasteiger partial charge is 0.479 e. The molecule has 1 saturated heterocycles. The van der Waals surface area contributed by atoms with Gasteiger partial charge in [-0.1, -0.05) is 57.2 Å². The summed E-state index contributed by atoms with van der Waals surface area (Å²) in [5.41, 5.74) is -1.14. The Labute approximate surface area is 142 Å². The maximum absolute atomic E-state index is 13.3. The topological polar surface area (TPSA) is 57.6 Å². The molecular weight excluding hydrogens is 302 g/mol. The zero-order valence-corrected chi connectivity index (χ0v) is 14.4. The van der Waals surface area contributed by atoms with Gasteiger partial charge < -0.3 is 10.0 Å². The van der Waals surface area contributed by atoms with E-state index in [1.165, 1.54) is 0 Å². The zero-order chi connectivity index (χ0) is 17.5. The van der Waals surface area contributed by atoms with E-state index in [1.807, 2.05) is 57.2 Å². The third-order valence-corrected chi connectivity index (χ3v) is 5.24. The van der Waals surface area contributed by atoms with E-state index in [-0.39, 0.29) is 5.91 Å². The van der Waals surface area contributed by atoms with Gasteiger partial charge in [0.2, 0.25) is 0 Å². The van der Waals surface area contributed by atoms with Crippen molar-refractivity contribution in [2.24, 2.45) is 5.41 Å². The van der Waals surface area contributed by atoms with Crippen molar-refractivity contribution >= 4 is 22.6 Å². The molecule has 4 heteroatoms. The molecule has 1 aliphatic heterocycles. The number of carboxylic acids is 1. The molecule has 126 valence electrons. The summed E-state index contributed by atoms with van der Waals surface area (Å²) >= 11 is 0. The third kappa shape index (κ3) is 2.29. The smallest absolute Gasteiger partial charge is 0.330 e. The first-order valence-electron chi connectivity index (χ1n) is 8.32. The van der Waals surface area contributed by atoms with Gasteiger partial charge in [0.05, 0.1) is 0 Å². The number of carbonyl (C=O) groups is 2. The minimum Gasteiger partial charge on any atom is -0.479 e. The van der Waals surface area contributed by atoms with Crippen molar-refractivity contribution in [3.8, 4) is 0 Å². The number of rotatable bonds is 2. The first-order chi connectivity index (χ1) is 11.3. The van der Waals surface area contributed by atoms with E-state index >= 15 is 0 Å². The second kappa shape index (κ2) is 5.62. The van der Waals surface area contributed by atoms with Crippen LogP contribution in [0.15, 0.2) is 42.5 Å². The highest BCUT2D eigenvalue weighted by Gasteiger charge is 2.57. The monoisotopic (exact) mass is 325 g/mol. The van der Waals surface area contributed by atoms with Gasteiger partial charge in [-0.25, -0.2) is 4.79 Å². The van der Waals surface area contributed by atoms with Crippen molar-refractivity contribution in [3.05, 3.63) is 48.0 Å². The molecule has 0 aliphatic carbocycles. The number of hydrogen-bond acceptors (Lipinski definition) is 2. The molecule has 24 heavy (non-hydrogen) atoms. The Bertz CT molecular complexity index is 801. The van der Waals surface area contributed by atoms with Gasteiger partial charge in [0.15, 0.2) is 0 Å². The van der Waals surface area contributed by atoms with E-state index in [1.54, 1.807) is 11.0 Å². The fraction of sp³-hybridized carbons (Fsp3) is 0.400. The summed E-state index contributed by atoms with van der Waals surface area (Å²) in [4.78, 5) is 27.1. The summed E-state index contributed by atoms with van der Waals surface area (Å²) in [6.45, 7) is 6.17. The minimum absolute atomic E-state index is 0.193. The summed E-state index contributed by atoms with van der Waals surface area (Å²) in [5, 5.41) is 11.8. The van der Waals surface area contributed by atoms with Crippen LogP contribution in [0, 0.1) is 5.41 Å². The Hall–Kier alpha value is -2.36. The summed E-state index contributed by atoms with van der Waals surface area (Å²) in [5.74, 6) is -1.11. The van der Waals surface area contributed by atoms with Crippen molar-refractivity contribution in [2.45, 2.75) is 39.2 Å². The maximum atomic E-state index is 13.3. The lowest BCUT2D eigenvalue weighted by Crippen LogP contribution is -2.60. The van der Waals surface area contributed by atoms with E-state index in [0.29, 0.717) is 24.9 Å². The molecular formula is C20H23NO3. The fourth-order valence-corrected chi connectivity index (χ4v) is 3.97. The molecule has 0 unspecified atom stereocenters. The molecule has 4 nitrogen and oxygen atoms in total. The molecule has 1 fully saturated rings. The molecule has 0 radical (unpaired) electrons. The number of carboxylic acid groups (broad SMARTS) is 1. The van der Waals surface area contributed by atoms with E-state index in [2.05, 4.69) is 0 Å². The van der Waals surface area contributed by atoms with Gasteiger partial charge >= 0.3 is 5.97 Å². The second-order valence-corrected chi connectivity index (χ2v) is 7.50. The van der Waals surface area contributed by atoms with Gasteiger partial charge in [0.25, 0.3) is 5.91 Å². The van der Waals surface area contributed by atoms with Gasteiger partial charge in [-0.15, -0.1) is 0 Å². The van der Waals surface area contributed by atoms with Crippen LogP contribution in [-0.2, 0) is 4.79 Å². The molecule has 0 spiro atoms. The second-order valence-electron chi connectivity index (χ2n) is 7.50. The molecule has 3 rings (SSSR count). The lowest BCUT2D eigenvalue weighted by atomic mass is 9.71. The Balaban J connectivity index is 2.13. The molecule has 2 aromatic carbocycles. The Morgan fingerprint density at radius 1 is 1.08 bits per heavy atom. The SMILES string of the molecule is CC(C)(C)[C@@]1(C(=O)O)CCCN1C(=O)c1cccc2ccccc12. The van der Waals surface area contributed by atoms with E-state index in [4.69, 9.17) is 0 Å². The molecule has 1 N–H and O–H groups in total. The van der Waals surface area contributed by atoms with Gasteiger partial charge in [-0.05, 0) is 35.1 Å². The summed E-state index contributed by atoms with van der Waals surface area (Å²) in [6.07, 6.45) is 1.20. The number of nitrogens with zero attached hydrogens (tertiary/aromatic N) is 1. The van der Waals surface area contributed by atoms with Crippen LogP contribution in [0.5, 0.6) is 0 Å². The lowest BCUT2D eigenvalue weighted by Gasteiger charge is -2.44. The maximum Gasteiger partial charge on any atom is 0.330 e. The molecule has 0 aromatic heterocycles. The van der Waals surface area contributed by atoms with Crippen LogP contribution in [0.1, 0.15) is 44.0 Å². The predicted octanol–water partition coefficient (Wildman–Crippen LogP) is 3.95. The van der Waals surface area contributed by atoms with E-state index in [0.717, 1.165) is 10.8 Å².